The molecule has 0 bridgehead atoms. The number of rotatable bonds is 4. The van der Waals surface area contributed by atoms with Gasteiger partial charge in [0.2, 0.25) is 0 Å². The molecule has 0 aromatic heterocycles. The van der Waals surface area contributed by atoms with E-state index in [1.165, 1.54) is 19.3 Å². The molecule has 1 saturated carbocycles. The maximum atomic E-state index is 12.1. The Morgan fingerprint density at radius 2 is 2.25 bits per heavy atom. The lowest BCUT2D eigenvalue weighted by molar-refractivity contribution is 0.0935. The van der Waals surface area contributed by atoms with E-state index in [1.807, 2.05) is 18.2 Å². The van der Waals surface area contributed by atoms with Crippen LogP contribution < -0.4 is 4.74 Å². The number of carbonyl (C=O) groups is 1. The molecule has 0 saturated heterocycles. The van der Waals surface area contributed by atoms with Crippen molar-refractivity contribution < 1.29 is 9.53 Å². The van der Waals surface area contributed by atoms with Gasteiger partial charge in [0.05, 0.1) is 7.11 Å². The molecular weight excluding hydrogens is 268 g/mol. The summed E-state index contributed by atoms with van der Waals surface area (Å²) in [7, 11) is 1.61. The van der Waals surface area contributed by atoms with Gasteiger partial charge in [0, 0.05) is 16.5 Å². The summed E-state index contributed by atoms with van der Waals surface area (Å²) in [6.45, 7) is 0. The molecule has 1 aliphatic rings. The molecule has 0 heterocycles. The van der Waals surface area contributed by atoms with Crippen LogP contribution in [0.25, 0.3) is 0 Å². The second-order valence-electron chi connectivity index (χ2n) is 4.27. The van der Waals surface area contributed by atoms with Gasteiger partial charge >= 0.3 is 0 Å². The van der Waals surface area contributed by atoms with Crippen LogP contribution in [0.4, 0.5) is 0 Å². The number of halogens is 1. The summed E-state index contributed by atoms with van der Waals surface area (Å²) < 4.78 is 5.99. The van der Waals surface area contributed by atoms with Crippen molar-refractivity contribution in [3.05, 3.63) is 28.2 Å². The maximum absolute atomic E-state index is 12.1. The van der Waals surface area contributed by atoms with Crippen molar-refractivity contribution in [1.82, 2.24) is 0 Å². The minimum Gasteiger partial charge on any atom is -0.497 e. The average molecular weight is 283 g/mol. The number of ketones is 1. The standard InChI is InChI=1S/C13H15BrO2/c1-16-10-5-6-12(14)11(8-10)13(15)7-9-3-2-4-9/h5-6,8-9H,2-4,7H2,1H3. The van der Waals surface area contributed by atoms with Crippen LogP contribution in [0.2, 0.25) is 0 Å². The molecular formula is C13H15BrO2. The summed E-state index contributed by atoms with van der Waals surface area (Å²) >= 11 is 3.41. The maximum Gasteiger partial charge on any atom is 0.164 e. The van der Waals surface area contributed by atoms with Gasteiger partial charge in [-0.05, 0) is 24.1 Å². The van der Waals surface area contributed by atoms with Crippen LogP contribution in [0.3, 0.4) is 0 Å². The van der Waals surface area contributed by atoms with E-state index < -0.39 is 0 Å². The highest BCUT2D eigenvalue weighted by Crippen LogP contribution is 2.32. The molecule has 0 atom stereocenters. The molecule has 2 rings (SSSR count). The normalized spacial score (nSPS) is 15.6. The highest BCUT2D eigenvalue weighted by Gasteiger charge is 2.22. The Labute approximate surface area is 104 Å². The fourth-order valence-corrected chi connectivity index (χ4v) is 2.38. The molecule has 1 aliphatic carbocycles. The number of benzene rings is 1. The first-order valence-electron chi connectivity index (χ1n) is 5.57. The van der Waals surface area contributed by atoms with Crippen molar-refractivity contribution in [3.63, 3.8) is 0 Å². The zero-order chi connectivity index (χ0) is 11.5. The van der Waals surface area contributed by atoms with Gasteiger partial charge in [0.25, 0.3) is 0 Å². The molecule has 0 amide bonds. The van der Waals surface area contributed by atoms with E-state index in [0.717, 1.165) is 15.8 Å². The van der Waals surface area contributed by atoms with Crippen molar-refractivity contribution in [3.8, 4) is 5.75 Å². The Morgan fingerprint density at radius 1 is 1.50 bits per heavy atom. The minimum atomic E-state index is 0.218. The summed E-state index contributed by atoms with van der Waals surface area (Å²) in [5.41, 5.74) is 0.742. The lowest BCUT2D eigenvalue weighted by Crippen LogP contribution is -2.16. The molecule has 1 aromatic carbocycles. The van der Waals surface area contributed by atoms with Crippen LogP contribution in [0, 0.1) is 5.92 Å². The number of ether oxygens (including phenoxy) is 1. The van der Waals surface area contributed by atoms with Gasteiger partial charge in [-0.25, -0.2) is 0 Å². The van der Waals surface area contributed by atoms with E-state index in [1.54, 1.807) is 7.11 Å². The summed E-state index contributed by atoms with van der Waals surface area (Å²) in [4.78, 5) is 12.1. The van der Waals surface area contributed by atoms with Gasteiger partial charge < -0.3 is 4.74 Å². The third-order valence-electron chi connectivity index (χ3n) is 3.17. The Morgan fingerprint density at radius 3 is 2.81 bits per heavy atom. The Balaban J connectivity index is 2.13. The number of Topliss-reactive ketones (excluding diaryl/α,β-unsaturated/α-hetero) is 1. The van der Waals surface area contributed by atoms with E-state index >= 15 is 0 Å². The highest BCUT2D eigenvalue weighted by atomic mass is 79.9. The van der Waals surface area contributed by atoms with Crippen molar-refractivity contribution in [2.45, 2.75) is 25.7 Å². The third-order valence-corrected chi connectivity index (χ3v) is 3.86. The van der Waals surface area contributed by atoms with Crippen LogP contribution in [-0.4, -0.2) is 12.9 Å². The van der Waals surface area contributed by atoms with Crippen LogP contribution >= 0.6 is 15.9 Å². The SMILES string of the molecule is COc1ccc(Br)c(C(=O)CC2CCC2)c1. The molecule has 1 fully saturated rings. The first kappa shape index (κ1) is 11.6. The van der Waals surface area contributed by atoms with E-state index in [0.29, 0.717) is 12.3 Å². The quantitative estimate of drug-likeness (QED) is 0.785. The average Bonchev–Trinajstić information content (AvgIpc) is 2.24. The second kappa shape index (κ2) is 5.00. The predicted octanol–water partition coefficient (Wildman–Crippen LogP) is 3.83. The molecule has 16 heavy (non-hydrogen) atoms. The molecule has 0 aliphatic heterocycles. The number of methoxy groups -OCH3 is 1. The fraction of sp³-hybridized carbons (Fsp3) is 0.462. The van der Waals surface area contributed by atoms with E-state index in [9.17, 15) is 4.79 Å². The van der Waals surface area contributed by atoms with E-state index in [4.69, 9.17) is 4.74 Å². The van der Waals surface area contributed by atoms with Crippen LogP contribution in [0.15, 0.2) is 22.7 Å². The largest absolute Gasteiger partial charge is 0.497 e. The Bertz CT molecular complexity index is 397. The Kier molecular flexibility index (Phi) is 3.64. The molecule has 86 valence electrons. The van der Waals surface area contributed by atoms with Crippen molar-refractivity contribution in [1.29, 1.82) is 0 Å². The van der Waals surface area contributed by atoms with Gasteiger partial charge in [-0.2, -0.15) is 0 Å². The first-order chi connectivity index (χ1) is 7.70. The van der Waals surface area contributed by atoms with Crippen molar-refractivity contribution in [2.75, 3.05) is 7.11 Å². The molecule has 3 heteroatoms. The number of carbonyl (C=O) groups excluding carboxylic acids is 1. The predicted molar refractivity (Wildman–Crippen MR) is 67.0 cm³/mol. The van der Waals surface area contributed by atoms with Gasteiger partial charge in [-0.1, -0.05) is 35.2 Å². The molecule has 0 N–H and O–H groups in total. The third kappa shape index (κ3) is 2.46. The van der Waals surface area contributed by atoms with Crippen LogP contribution in [-0.2, 0) is 0 Å². The number of hydrogen-bond acceptors (Lipinski definition) is 2. The summed E-state index contributed by atoms with van der Waals surface area (Å²) in [5.74, 6) is 1.56. The van der Waals surface area contributed by atoms with Crippen molar-refractivity contribution >= 4 is 21.7 Å². The van der Waals surface area contributed by atoms with Crippen molar-refractivity contribution in [2.24, 2.45) is 5.92 Å². The molecule has 0 spiro atoms. The monoisotopic (exact) mass is 282 g/mol. The topological polar surface area (TPSA) is 26.3 Å². The molecule has 0 radical (unpaired) electrons. The zero-order valence-corrected chi connectivity index (χ0v) is 10.9. The summed E-state index contributed by atoms with van der Waals surface area (Å²) in [6.07, 6.45) is 4.35. The van der Waals surface area contributed by atoms with Gasteiger partial charge in [-0.15, -0.1) is 0 Å². The van der Waals surface area contributed by atoms with Gasteiger partial charge in [-0.3, -0.25) is 4.79 Å². The second-order valence-corrected chi connectivity index (χ2v) is 5.12. The summed E-state index contributed by atoms with van der Waals surface area (Å²) in [5, 5.41) is 0. The van der Waals surface area contributed by atoms with E-state index in [2.05, 4.69) is 15.9 Å². The van der Waals surface area contributed by atoms with E-state index in [-0.39, 0.29) is 5.78 Å². The minimum absolute atomic E-state index is 0.218. The number of hydrogen-bond donors (Lipinski definition) is 0. The Hall–Kier alpha value is -0.830. The zero-order valence-electron chi connectivity index (χ0n) is 9.33. The van der Waals surface area contributed by atoms with Crippen LogP contribution in [0.5, 0.6) is 5.75 Å². The molecule has 2 nitrogen and oxygen atoms in total. The van der Waals surface area contributed by atoms with Gasteiger partial charge in [0.15, 0.2) is 5.78 Å². The fourth-order valence-electron chi connectivity index (χ4n) is 1.91. The molecule has 0 unspecified atom stereocenters. The first-order valence-corrected chi connectivity index (χ1v) is 6.36. The highest BCUT2D eigenvalue weighted by molar-refractivity contribution is 9.10. The molecule has 1 aromatic rings. The smallest absolute Gasteiger partial charge is 0.164 e. The lowest BCUT2D eigenvalue weighted by Gasteiger charge is -2.24. The van der Waals surface area contributed by atoms with Gasteiger partial charge in [0.1, 0.15) is 5.75 Å². The van der Waals surface area contributed by atoms with Crippen LogP contribution in [0.1, 0.15) is 36.0 Å². The lowest BCUT2D eigenvalue weighted by atomic mass is 9.81. The summed E-state index contributed by atoms with van der Waals surface area (Å²) in [6, 6.07) is 5.53.